The van der Waals surface area contributed by atoms with Crippen LogP contribution < -0.4 is 11.1 Å². The second kappa shape index (κ2) is 8.61. The zero-order valence-electron chi connectivity index (χ0n) is 18.0. The van der Waals surface area contributed by atoms with Crippen LogP contribution in [0.5, 0.6) is 0 Å². The molecule has 2 aliphatic heterocycles. The normalized spacial score (nSPS) is 25.2. The molecule has 10 heteroatoms. The molecule has 2 atom stereocenters. The molecule has 0 radical (unpaired) electrons. The van der Waals surface area contributed by atoms with E-state index >= 15 is 0 Å². The fraction of sp³-hybridized carbons (Fsp3) is 0.478. The van der Waals surface area contributed by atoms with Crippen molar-refractivity contribution < 1.29 is 27.1 Å². The molecule has 176 valence electrons. The Balaban J connectivity index is 1.48. The van der Waals surface area contributed by atoms with Crippen LogP contribution in [0.4, 0.5) is 28.0 Å². The topological polar surface area (TPSA) is 80.0 Å². The summed E-state index contributed by atoms with van der Waals surface area (Å²) in [6, 6.07) is 2.66. The molecule has 3 N–H and O–H groups in total. The van der Waals surface area contributed by atoms with Crippen molar-refractivity contribution in [3.8, 4) is 11.8 Å². The van der Waals surface area contributed by atoms with Crippen LogP contribution in [0.2, 0.25) is 0 Å². The van der Waals surface area contributed by atoms with Crippen molar-refractivity contribution in [2.24, 2.45) is 16.6 Å². The van der Waals surface area contributed by atoms with Gasteiger partial charge in [0.1, 0.15) is 5.82 Å². The predicted octanol–water partition coefficient (Wildman–Crippen LogP) is 4.28. The average molecular weight is 464 g/mol. The number of benzene rings is 1. The highest BCUT2D eigenvalue weighted by Gasteiger charge is 2.50. The summed E-state index contributed by atoms with van der Waals surface area (Å²) >= 11 is 0. The molecule has 0 aromatic heterocycles. The van der Waals surface area contributed by atoms with Crippen LogP contribution in [-0.4, -0.2) is 42.3 Å². The highest BCUT2D eigenvalue weighted by atomic mass is 19.4. The van der Waals surface area contributed by atoms with Gasteiger partial charge in [0.05, 0.1) is 5.54 Å². The fourth-order valence-corrected chi connectivity index (χ4v) is 3.82. The van der Waals surface area contributed by atoms with Crippen LogP contribution in [0.3, 0.4) is 0 Å². The third-order valence-electron chi connectivity index (χ3n) is 5.88. The number of nitrogens with zero attached hydrogens (tertiary/aromatic N) is 2. The van der Waals surface area contributed by atoms with Crippen molar-refractivity contribution in [2.75, 3.05) is 18.4 Å². The van der Waals surface area contributed by atoms with Gasteiger partial charge in [0.2, 0.25) is 0 Å². The number of anilines is 1. The molecule has 1 aromatic carbocycles. The van der Waals surface area contributed by atoms with E-state index < -0.39 is 42.1 Å². The quantitative estimate of drug-likeness (QED) is 0.506. The molecule has 0 spiro atoms. The zero-order valence-corrected chi connectivity index (χ0v) is 18.0. The van der Waals surface area contributed by atoms with Gasteiger partial charge >= 0.3 is 12.2 Å². The molecular weight excluding hydrogens is 440 g/mol. The van der Waals surface area contributed by atoms with Crippen LogP contribution in [0.25, 0.3) is 0 Å². The van der Waals surface area contributed by atoms with E-state index in [9.17, 15) is 22.4 Å². The van der Waals surface area contributed by atoms with Crippen molar-refractivity contribution in [3.05, 3.63) is 41.2 Å². The minimum Gasteiger partial charge on any atom is -0.452 e. The van der Waals surface area contributed by atoms with Gasteiger partial charge in [0.15, 0.2) is 6.10 Å². The SMILES string of the molecule is CC1(c2cc(NC(=O)N3CC=C(C#CC4CC4)CC3)ccc2F)CC(C(F)(F)F)OC(N)=N1. The lowest BCUT2D eigenvalue weighted by Gasteiger charge is -2.36. The number of nitrogens with two attached hydrogens (primary N) is 1. The highest BCUT2D eigenvalue weighted by molar-refractivity contribution is 5.89. The first-order chi connectivity index (χ1) is 15.5. The lowest BCUT2D eigenvalue weighted by atomic mass is 9.85. The summed E-state index contributed by atoms with van der Waals surface area (Å²) in [6.07, 6.45) is -2.69. The Bertz CT molecular complexity index is 1070. The van der Waals surface area contributed by atoms with E-state index in [1.54, 1.807) is 4.90 Å². The van der Waals surface area contributed by atoms with E-state index in [0.29, 0.717) is 25.4 Å². The number of amides is 2. The summed E-state index contributed by atoms with van der Waals surface area (Å²) in [4.78, 5) is 18.2. The molecular formula is C23H24F4N4O2. The van der Waals surface area contributed by atoms with Crippen LogP contribution >= 0.6 is 0 Å². The maximum atomic E-state index is 14.6. The van der Waals surface area contributed by atoms with E-state index in [1.807, 2.05) is 6.08 Å². The van der Waals surface area contributed by atoms with E-state index in [0.717, 1.165) is 24.5 Å². The van der Waals surface area contributed by atoms with Gasteiger partial charge < -0.3 is 20.7 Å². The summed E-state index contributed by atoms with van der Waals surface area (Å²) in [7, 11) is 0. The number of hydrogen-bond acceptors (Lipinski definition) is 4. The minimum atomic E-state index is -4.69. The van der Waals surface area contributed by atoms with Crippen molar-refractivity contribution in [3.63, 3.8) is 0 Å². The Kier molecular flexibility index (Phi) is 5.99. The molecule has 2 unspecified atom stereocenters. The van der Waals surface area contributed by atoms with Crippen LogP contribution in [0, 0.1) is 23.6 Å². The van der Waals surface area contributed by atoms with Gasteiger partial charge in [-0.1, -0.05) is 17.9 Å². The molecule has 1 aliphatic carbocycles. The van der Waals surface area contributed by atoms with E-state index in [2.05, 4.69) is 26.9 Å². The Morgan fingerprint density at radius 2 is 2.12 bits per heavy atom. The minimum absolute atomic E-state index is 0.114. The molecule has 33 heavy (non-hydrogen) atoms. The van der Waals surface area contributed by atoms with Crippen molar-refractivity contribution in [1.29, 1.82) is 0 Å². The second-order valence-electron chi connectivity index (χ2n) is 8.67. The first kappa shape index (κ1) is 23.0. The summed E-state index contributed by atoms with van der Waals surface area (Å²) in [5, 5.41) is 2.69. The zero-order chi connectivity index (χ0) is 23.8. The molecule has 0 saturated heterocycles. The van der Waals surface area contributed by atoms with Gasteiger partial charge in [-0.05, 0) is 44.4 Å². The number of hydrogen-bond donors (Lipinski definition) is 2. The molecule has 0 bridgehead atoms. The molecule has 1 fully saturated rings. The first-order valence-electron chi connectivity index (χ1n) is 10.7. The maximum Gasteiger partial charge on any atom is 0.425 e. The number of ether oxygens (including phenoxy) is 1. The third-order valence-corrected chi connectivity index (χ3v) is 5.88. The third kappa shape index (κ3) is 5.41. The van der Waals surface area contributed by atoms with Crippen LogP contribution in [0.15, 0.2) is 34.8 Å². The fourth-order valence-electron chi connectivity index (χ4n) is 3.82. The van der Waals surface area contributed by atoms with Gasteiger partial charge in [-0.15, -0.1) is 0 Å². The summed E-state index contributed by atoms with van der Waals surface area (Å²) in [5.41, 5.74) is 4.99. The largest absolute Gasteiger partial charge is 0.452 e. The van der Waals surface area contributed by atoms with Gasteiger partial charge in [-0.25, -0.2) is 14.2 Å². The van der Waals surface area contributed by atoms with E-state index in [1.165, 1.54) is 19.1 Å². The molecule has 3 aliphatic rings. The lowest BCUT2D eigenvalue weighted by Crippen LogP contribution is -2.46. The number of alkyl halides is 3. The number of nitrogens with one attached hydrogen (secondary N) is 1. The van der Waals surface area contributed by atoms with Crippen LogP contribution in [0.1, 0.15) is 38.2 Å². The number of carbonyl (C=O) groups is 1. The number of aliphatic imine (C=N–C) groups is 1. The van der Waals surface area contributed by atoms with Crippen LogP contribution in [-0.2, 0) is 10.3 Å². The van der Waals surface area contributed by atoms with Crippen molar-refractivity contribution >= 4 is 17.7 Å². The van der Waals surface area contributed by atoms with E-state index in [4.69, 9.17) is 5.73 Å². The number of urea groups is 1. The Hall–Kier alpha value is -3.22. The highest BCUT2D eigenvalue weighted by Crippen LogP contribution is 2.41. The Morgan fingerprint density at radius 3 is 2.76 bits per heavy atom. The summed E-state index contributed by atoms with van der Waals surface area (Å²) in [6.45, 7) is 2.22. The standard InChI is InChI=1S/C23H24F4N4O2/c1-22(13-19(23(25,26)27)33-20(28)30-22)17-12-16(6-7-18(17)24)29-21(32)31-10-8-15(9-11-31)5-4-14-2-3-14/h6-8,12,14,19H,2-3,9-11,13H2,1H3,(H2,28,30)(H,29,32). The Morgan fingerprint density at radius 1 is 1.36 bits per heavy atom. The second-order valence-corrected chi connectivity index (χ2v) is 8.67. The number of halogens is 4. The Labute approximate surface area is 188 Å². The molecule has 1 saturated carbocycles. The van der Waals surface area contributed by atoms with E-state index in [-0.39, 0.29) is 11.3 Å². The maximum absolute atomic E-state index is 14.6. The molecule has 2 amide bonds. The van der Waals surface area contributed by atoms with Crippen molar-refractivity contribution in [1.82, 2.24) is 4.90 Å². The monoisotopic (exact) mass is 464 g/mol. The molecule has 1 aromatic rings. The number of amidine groups is 1. The smallest absolute Gasteiger partial charge is 0.425 e. The van der Waals surface area contributed by atoms with Gasteiger partial charge in [0, 0.05) is 42.3 Å². The van der Waals surface area contributed by atoms with Gasteiger partial charge in [0.25, 0.3) is 6.02 Å². The average Bonchev–Trinajstić information content (AvgIpc) is 3.57. The lowest BCUT2D eigenvalue weighted by molar-refractivity contribution is -0.208. The van der Waals surface area contributed by atoms with Gasteiger partial charge in [-0.2, -0.15) is 13.2 Å². The summed E-state index contributed by atoms with van der Waals surface area (Å²) in [5.74, 6) is 6.11. The molecule has 6 nitrogen and oxygen atoms in total. The summed E-state index contributed by atoms with van der Waals surface area (Å²) < 4.78 is 59.0. The number of rotatable bonds is 2. The molecule has 4 rings (SSSR count). The van der Waals surface area contributed by atoms with Crippen molar-refractivity contribution in [2.45, 2.75) is 50.4 Å². The first-order valence-corrected chi connectivity index (χ1v) is 10.7. The predicted molar refractivity (Wildman–Crippen MR) is 115 cm³/mol. The molecule has 2 heterocycles. The van der Waals surface area contributed by atoms with Gasteiger partial charge in [-0.3, -0.25) is 0 Å². The number of carbonyl (C=O) groups excluding carboxylic acids is 1.